The molecule has 0 fully saturated rings. The highest BCUT2D eigenvalue weighted by atomic mass is 19.1. The average Bonchev–Trinajstić information content (AvgIpc) is 2.46. The van der Waals surface area contributed by atoms with Gasteiger partial charge in [0.15, 0.2) is 0 Å². The summed E-state index contributed by atoms with van der Waals surface area (Å²) in [5.41, 5.74) is 3.07. The number of rotatable bonds is 6. The molecular formula is C17H20FNO. The molecule has 3 heteroatoms. The first kappa shape index (κ1) is 14.5. The lowest BCUT2D eigenvalue weighted by Crippen LogP contribution is -2.06. The molecule has 0 atom stereocenters. The minimum Gasteiger partial charge on any atom is -0.494 e. The number of hydrogen-bond acceptors (Lipinski definition) is 2. The van der Waals surface area contributed by atoms with Gasteiger partial charge in [0, 0.05) is 6.54 Å². The van der Waals surface area contributed by atoms with Gasteiger partial charge in [-0.25, -0.2) is 4.39 Å². The fourth-order valence-electron chi connectivity index (χ4n) is 2.13. The van der Waals surface area contributed by atoms with Gasteiger partial charge in [0.1, 0.15) is 11.6 Å². The van der Waals surface area contributed by atoms with Crippen molar-refractivity contribution in [1.82, 2.24) is 5.32 Å². The lowest BCUT2D eigenvalue weighted by Gasteiger charge is -2.11. The fraction of sp³-hybridized carbons (Fsp3) is 0.294. The minimum atomic E-state index is -0.207. The second kappa shape index (κ2) is 7.06. The molecule has 0 aliphatic heterocycles. The summed E-state index contributed by atoms with van der Waals surface area (Å²) in [5.74, 6) is 0.662. The van der Waals surface area contributed by atoms with Gasteiger partial charge in [0.05, 0.1) is 6.61 Å². The first-order valence-corrected chi connectivity index (χ1v) is 6.91. The van der Waals surface area contributed by atoms with E-state index in [9.17, 15) is 4.39 Å². The summed E-state index contributed by atoms with van der Waals surface area (Å²) < 4.78 is 18.9. The van der Waals surface area contributed by atoms with Gasteiger partial charge in [-0.05, 0) is 54.4 Å². The van der Waals surface area contributed by atoms with Crippen molar-refractivity contribution < 1.29 is 9.13 Å². The molecule has 0 unspecified atom stereocenters. The molecule has 0 bridgehead atoms. The molecular weight excluding hydrogens is 253 g/mol. The fourth-order valence-corrected chi connectivity index (χ4v) is 2.13. The summed E-state index contributed by atoms with van der Waals surface area (Å²) in [6.07, 6.45) is 0.992. The average molecular weight is 273 g/mol. The Balaban J connectivity index is 2.26. The van der Waals surface area contributed by atoms with E-state index in [0.717, 1.165) is 35.5 Å². The Labute approximate surface area is 119 Å². The zero-order valence-corrected chi connectivity index (χ0v) is 11.9. The van der Waals surface area contributed by atoms with Crippen molar-refractivity contribution in [2.45, 2.75) is 19.9 Å². The van der Waals surface area contributed by atoms with Crippen molar-refractivity contribution in [3.05, 3.63) is 53.8 Å². The van der Waals surface area contributed by atoms with E-state index in [0.29, 0.717) is 6.54 Å². The second-order valence-corrected chi connectivity index (χ2v) is 4.70. The Bertz CT molecular complexity index is 551. The van der Waals surface area contributed by atoms with Crippen LogP contribution in [0.5, 0.6) is 5.75 Å². The van der Waals surface area contributed by atoms with E-state index in [1.54, 1.807) is 6.07 Å². The van der Waals surface area contributed by atoms with Crippen molar-refractivity contribution in [1.29, 1.82) is 0 Å². The van der Waals surface area contributed by atoms with Gasteiger partial charge in [-0.1, -0.05) is 25.1 Å². The maximum absolute atomic E-state index is 13.3. The van der Waals surface area contributed by atoms with Crippen LogP contribution >= 0.6 is 0 Å². The third kappa shape index (κ3) is 3.58. The van der Waals surface area contributed by atoms with Crippen LogP contribution in [0.2, 0.25) is 0 Å². The summed E-state index contributed by atoms with van der Waals surface area (Å²) in [6, 6.07) is 12.8. The molecule has 0 radical (unpaired) electrons. The Morgan fingerprint density at radius 2 is 1.85 bits per heavy atom. The third-order valence-electron chi connectivity index (χ3n) is 3.07. The van der Waals surface area contributed by atoms with Gasteiger partial charge in [0.2, 0.25) is 0 Å². The van der Waals surface area contributed by atoms with Gasteiger partial charge in [-0.15, -0.1) is 0 Å². The zero-order chi connectivity index (χ0) is 14.4. The molecule has 20 heavy (non-hydrogen) atoms. The van der Waals surface area contributed by atoms with Crippen molar-refractivity contribution in [2.24, 2.45) is 0 Å². The van der Waals surface area contributed by atoms with E-state index in [4.69, 9.17) is 4.74 Å². The van der Waals surface area contributed by atoms with Crippen LogP contribution in [-0.4, -0.2) is 13.7 Å². The number of hydrogen-bond donors (Lipinski definition) is 1. The Morgan fingerprint density at radius 3 is 2.50 bits per heavy atom. The van der Waals surface area contributed by atoms with Crippen LogP contribution in [-0.2, 0) is 6.54 Å². The van der Waals surface area contributed by atoms with Crippen molar-refractivity contribution in [3.63, 3.8) is 0 Å². The summed E-state index contributed by atoms with van der Waals surface area (Å²) >= 11 is 0. The molecule has 0 saturated heterocycles. The van der Waals surface area contributed by atoms with Gasteiger partial charge in [-0.2, -0.15) is 0 Å². The molecule has 0 aliphatic rings. The molecule has 0 amide bonds. The standard InChI is InChI=1S/C17H20FNO/c1-3-10-20-16-7-4-13(5-8-16)17-9-6-15(18)11-14(17)12-19-2/h4-9,11,19H,3,10,12H2,1-2H3. The molecule has 0 saturated carbocycles. The SMILES string of the molecule is CCCOc1ccc(-c2ccc(F)cc2CNC)cc1. The molecule has 2 aromatic rings. The largest absolute Gasteiger partial charge is 0.494 e. The summed E-state index contributed by atoms with van der Waals surface area (Å²) in [6.45, 7) is 3.44. The van der Waals surface area contributed by atoms with Crippen LogP contribution in [0.4, 0.5) is 4.39 Å². The van der Waals surface area contributed by atoms with Gasteiger partial charge in [-0.3, -0.25) is 0 Å². The van der Waals surface area contributed by atoms with Gasteiger partial charge >= 0.3 is 0 Å². The van der Waals surface area contributed by atoms with E-state index >= 15 is 0 Å². The van der Waals surface area contributed by atoms with Gasteiger partial charge < -0.3 is 10.1 Å². The lowest BCUT2D eigenvalue weighted by molar-refractivity contribution is 0.317. The number of benzene rings is 2. The summed E-state index contributed by atoms with van der Waals surface area (Å²) in [5, 5.41) is 3.07. The van der Waals surface area contributed by atoms with E-state index < -0.39 is 0 Å². The van der Waals surface area contributed by atoms with Crippen LogP contribution < -0.4 is 10.1 Å². The van der Waals surface area contributed by atoms with Crippen LogP contribution in [0.3, 0.4) is 0 Å². The third-order valence-corrected chi connectivity index (χ3v) is 3.07. The monoisotopic (exact) mass is 273 g/mol. The van der Waals surface area contributed by atoms with E-state index in [1.165, 1.54) is 6.07 Å². The molecule has 106 valence electrons. The van der Waals surface area contributed by atoms with Crippen LogP contribution in [0.25, 0.3) is 11.1 Å². The number of nitrogens with one attached hydrogen (secondary N) is 1. The summed E-state index contributed by atoms with van der Waals surface area (Å²) in [7, 11) is 1.86. The van der Waals surface area contributed by atoms with E-state index in [1.807, 2.05) is 37.4 Å². The maximum Gasteiger partial charge on any atom is 0.123 e. The molecule has 2 aromatic carbocycles. The van der Waals surface area contributed by atoms with Crippen LogP contribution in [0.1, 0.15) is 18.9 Å². The van der Waals surface area contributed by atoms with Crippen molar-refractivity contribution in [3.8, 4) is 16.9 Å². The Morgan fingerprint density at radius 1 is 1.10 bits per heavy atom. The van der Waals surface area contributed by atoms with Crippen LogP contribution in [0, 0.1) is 5.82 Å². The molecule has 0 aliphatic carbocycles. The summed E-state index contributed by atoms with van der Waals surface area (Å²) in [4.78, 5) is 0. The first-order valence-electron chi connectivity index (χ1n) is 6.91. The first-order chi connectivity index (χ1) is 9.74. The topological polar surface area (TPSA) is 21.3 Å². The molecule has 0 heterocycles. The predicted octanol–water partition coefficient (Wildman–Crippen LogP) is 4.00. The Hall–Kier alpha value is -1.87. The van der Waals surface area contributed by atoms with Gasteiger partial charge in [0.25, 0.3) is 0 Å². The van der Waals surface area contributed by atoms with E-state index in [2.05, 4.69) is 12.2 Å². The highest BCUT2D eigenvalue weighted by Gasteiger charge is 2.06. The molecule has 2 rings (SSSR count). The van der Waals surface area contributed by atoms with Crippen molar-refractivity contribution >= 4 is 0 Å². The number of ether oxygens (including phenoxy) is 1. The Kier molecular flexibility index (Phi) is 5.13. The predicted molar refractivity (Wildman–Crippen MR) is 80.4 cm³/mol. The normalized spacial score (nSPS) is 10.6. The quantitative estimate of drug-likeness (QED) is 0.859. The highest BCUT2D eigenvalue weighted by Crippen LogP contribution is 2.26. The number of halogens is 1. The minimum absolute atomic E-state index is 0.207. The molecule has 0 aromatic heterocycles. The molecule has 1 N–H and O–H groups in total. The van der Waals surface area contributed by atoms with Crippen molar-refractivity contribution in [2.75, 3.05) is 13.7 Å². The highest BCUT2D eigenvalue weighted by molar-refractivity contribution is 5.68. The second-order valence-electron chi connectivity index (χ2n) is 4.70. The van der Waals surface area contributed by atoms with Crippen LogP contribution in [0.15, 0.2) is 42.5 Å². The smallest absolute Gasteiger partial charge is 0.123 e. The molecule has 2 nitrogen and oxygen atoms in total. The lowest BCUT2D eigenvalue weighted by atomic mass is 9.99. The zero-order valence-electron chi connectivity index (χ0n) is 11.9. The molecule has 0 spiro atoms. The van der Waals surface area contributed by atoms with E-state index in [-0.39, 0.29) is 5.82 Å². The maximum atomic E-state index is 13.3.